The lowest BCUT2D eigenvalue weighted by atomic mass is 10.0. The highest BCUT2D eigenvalue weighted by Crippen LogP contribution is 2.31. The molecule has 0 amide bonds. The number of aliphatic carboxylic acids is 1. The monoisotopic (exact) mass is 446 g/mol. The standard InChI is InChI=1S/C16H17FN4O3.C2HF3O2/c17-12-3-1-11(2-4-12)7-20-6-5-16(9-20)10-21-13(8-24-16)18-19-14(22)15(21)23;3-2(4,5)1(6)7/h1-4H,5-10H2,(H,19,22);(H,6,7). The quantitative estimate of drug-likeness (QED) is 0.520. The van der Waals surface area contributed by atoms with E-state index in [2.05, 4.69) is 15.1 Å². The molecule has 2 aromatic rings. The Morgan fingerprint density at radius 1 is 1.23 bits per heavy atom. The second kappa shape index (κ2) is 8.59. The maximum atomic E-state index is 13.0. The number of H-pyrrole nitrogens is 1. The minimum absolute atomic E-state index is 0.205. The van der Waals surface area contributed by atoms with Crippen molar-refractivity contribution in [1.29, 1.82) is 0 Å². The molecule has 1 aromatic heterocycles. The first-order valence-corrected chi connectivity index (χ1v) is 9.08. The number of hydrogen-bond donors (Lipinski definition) is 2. The minimum atomic E-state index is -5.08. The van der Waals surface area contributed by atoms with Gasteiger partial charge in [0.05, 0.1) is 6.54 Å². The summed E-state index contributed by atoms with van der Waals surface area (Å²) in [5, 5.41) is 13.2. The van der Waals surface area contributed by atoms with E-state index in [4.69, 9.17) is 14.6 Å². The first-order valence-electron chi connectivity index (χ1n) is 9.08. The molecule has 1 unspecified atom stereocenters. The highest BCUT2D eigenvalue weighted by molar-refractivity contribution is 5.73. The molecule has 1 aromatic carbocycles. The number of halogens is 4. The van der Waals surface area contributed by atoms with Gasteiger partial charge in [0.25, 0.3) is 0 Å². The summed E-state index contributed by atoms with van der Waals surface area (Å²) in [6, 6.07) is 6.44. The van der Waals surface area contributed by atoms with Gasteiger partial charge in [-0.3, -0.25) is 19.1 Å². The van der Waals surface area contributed by atoms with Crippen molar-refractivity contribution < 1.29 is 32.2 Å². The minimum Gasteiger partial charge on any atom is -0.475 e. The van der Waals surface area contributed by atoms with Crippen LogP contribution in [-0.4, -0.2) is 55.6 Å². The lowest BCUT2D eigenvalue weighted by molar-refractivity contribution is -0.192. The van der Waals surface area contributed by atoms with Gasteiger partial charge in [-0.15, -0.1) is 0 Å². The van der Waals surface area contributed by atoms with Crippen LogP contribution in [0.5, 0.6) is 0 Å². The molecule has 13 heteroatoms. The summed E-state index contributed by atoms with van der Waals surface area (Å²) in [7, 11) is 0. The molecule has 3 heterocycles. The zero-order valence-corrected chi connectivity index (χ0v) is 16.0. The van der Waals surface area contributed by atoms with Crippen molar-refractivity contribution in [2.24, 2.45) is 0 Å². The van der Waals surface area contributed by atoms with Gasteiger partial charge in [-0.25, -0.2) is 14.3 Å². The number of rotatable bonds is 2. The van der Waals surface area contributed by atoms with Crippen LogP contribution in [-0.2, 0) is 29.2 Å². The van der Waals surface area contributed by atoms with Crippen molar-refractivity contribution in [1.82, 2.24) is 19.7 Å². The predicted octanol–water partition coefficient (Wildman–Crippen LogP) is 0.879. The molecule has 1 saturated heterocycles. The Labute approximate surface area is 171 Å². The van der Waals surface area contributed by atoms with Crippen molar-refractivity contribution in [2.75, 3.05) is 13.1 Å². The molecule has 31 heavy (non-hydrogen) atoms. The fraction of sp³-hybridized carbons (Fsp3) is 0.444. The number of nitrogens with one attached hydrogen (secondary N) is 1. The van der Waals surface area contributed by atoms with E-state index in [1.165, 1.54) is 16.7 Å². The number of carboxylic acids is 1. The van der Waals surface area contributed by atoms with Crippen LogP contribution in [0.3, 0.4) is 0 Å². The van der Waals surface area contributed by atoms with E-state index in [-0.39, 0.29) is 12.4 Å². The van der Waals surface area contributed by atoms with Gasteiger partial charge in [0.15, 0.2) is 5.82 Å². The molecule has 168 valence electrons. The molecule has 0 bridgehead atoms. The number of likely N-dealkylation sites (tertiary alicyclic amines) is 1. The highest BCUT2D eigenvalue weighted by Gasteiger charge is 2.43. The van der Waals surface area contributed by atoms with Crippen LogP contribution in [0.4, 0.5) is 17.6 Å². The van der Waals surface area contributed by atoms with Gasteiger partial charge < -0.3 is 9.84 Å². The van der Waals surface area contributed by atoms with E-state index in [9.17, 15) is 27.2 Å². The number of alkyl halides is 3. The number of ether oxygens (including phenoxy) is 1. The average molecular weight is 446 g/mol. The molecule has 0 radical (unpaired) electrons. The van der Waals surface area contributed by atoms with Crippen molar-refractivity contribution in [2.45, 2.75) is 37.9 Å². The van der Waals surface area contributed by atoms with Gasteiger partial charge in [0.1, 0.15) is 18.0 Å². The van der Waals surface area contributed by atoms with E-state index in [0.29, 0.717) is 25.5 Å². The maximum Gasteiger partial charge on any atom is 0.490 e. The van der Waals surface area contributed by atoms with Gasteiger partial charge in [-0.05, 0) is 24.1 Å². The number of carboxylic acid groups (broad SMARTS) is 1. The molecular formula is C18H18F4N4O5. The predicted molar refractivity (Wildman–Crippen MR) is 96.6 cm³/mol. The normalized spacial score (nSPS) is 20.8. The Kier molecular flexibility index (Phi) is 6.27. The molecule has 2 aliphatic rings. The number of aromatic amines is 1. The van der Waals surface area contributed by atoms with Crippen LogP contribution >= 0.6 is 0 Å². The molecule has 2 aliphatic heterocycles. The molecule has 2 N–H and O–H groups in total. The highest BCUT2D eigenvalue weighted by atomic mass is 19.4. The smallest absolute Gasteiger partial charge is 0.475 e. The van der Waals surface area contributed by atoms with Crippen LogP contribution in [0, 0.1) is 5.82 Å². The Hall–Kier alpha value is -3.06. The SMILES string of the molecule is O=C(O)C(F)(F)F.O=c1[nH]nc2n(c1=O)CC1(CCN(Cc3ccc(F)cc3)C1)OC2. The summed E-state index contributed by atoms with van der Waals surface area (Å²) in [6.45, 7) is 2.70. The van der Waals surface area contributed by atoms with Crippen molar-refractivity contribution in [3.05, 3.63) is 62.2 Å². The van der Waals surface area contributed by atoms with Gasteiger partial charge in [0.2, 0.25) is 0 Å². The second-order valence-corrected chi connectivity index (χ2v) is 7.22. The largest absolute Gasteiger partial charge is 0.490 e. The third-order valence-electron chi connectivity index (χ3n) is 4.95. The number of aromatic nitrogens is 3. The van der Waals surface area contributed by atoms with Crippen LogP contribution < -0.4 is 11.1 Å². The number of benzene rings is 1. The first kappa shape index (κ1) is 22.6. The summed E-state index contributed by atoms with van der Waals surface area (Å²) >= 11 is 0. The van der Waals surface area contributed by atoms with Gasteiger partial charge >= 0.3 is 23.3 Å². The molecule has 1 atom stereocenters. The third-order valence-corrected chi connectivity index (χ3v) is 4.95. The van der Waals surface area contributed by atoms with Crippen molar-refractivity contribution in [3.8, 4) is 0 Å². The molecule has 0 aliphatic carbocycles. The van der Waals surface area contributed by atoms with Crippen molar-refractivity contribution >= 4 is 5.97 Å². The second-order valence-electron chi connectivity index (χ2n) is 7.22. The zero-order valence-electron chi connectivity index (χ0n) is 16.0. The molecule has 4 rings (SSSR count). The molecule has 0 saturated carbocycles. The number of nitrogens with zero attached hydrogens (tertiary/aromatic N) is 3. The topological polar surface area (TPSA) is 118 Å². The van der Waals surface area contributed by atoms with Crippen LogP contribution in [0.15, 0.2) is 33.9 Å². The molecule has 9 nitrogen and oxygen atoms in total. The first-order chi connectivity index (χ1) is 14.5. The van der Waals surface area contributed by atoms with Crippen molar-refractivity contribution in [3.63, 3.8) is 0 Å². The van der Waals surface area contributed by atoms with Crippen LogP contribution in [0.25, 0.3) is 0 Å². The van der Waals surface area contributed by atoms with Crippen LogP contribution in [0.2, 0.25) is 0 Å². The van der Waals surface area contributed by atoms with E-state index >= 15 is 0 Å². The summed E-state index contributed by atoms with van der Waals surface area (Å²) in [5.41, 5.74) is -0.747. The fourth-order valence-electron chi connectivity index (χ4n) is 3.45. The molecular weight excluding hydrogens is 428 g/mol. The van der Waals surface area contributed by atoms with E-state index in [1.807, 2.05) is 0 Å². The van der Waals surface area contributed by atoms with Gasteiger partial charge in [-0.2, -0.15) is 18.3 Å². The maximum absolute atomic E-state index is 13.0. The third kappa shape index (κ3) is 5.35. The number of hydrogen-bond acceptors (Lipinski definition) is 6. The fourth-order valence-corrected chi connectivity index (χ4v) is 3.45. The number of fused-ring (bicyclic) bond motifs is 1. The summed E-state index contributed by atoms with van der Waals surface area (Å²) < 4.78 is 52.1. The van der Waals surface area contributed by atoms with E-state index in [0.717, 1.165) is 18.5 Å². The molecule has 1 spiro atoms. The summed E-state index contributed by atoms with van der Waals surface area (Å²) in [6.07, 6.45) is -4.31. The average Bonchev–Trinajstić information content (AvgIpc) is 3.09. The number of carbonyl (C=O) groups is 1. The Bertz CT molecular complexity index is 1070. The summed E-state index contributed by atoms with van der Waals surface area (Å²) in [4.78, 5) is 34.6. The molecule has 1 fully saturated rings. The Morgan fingerprint density at radius 2 is 1.87 bits per heavy atom. The van der Waals surface area contributed by atoms with E-state index in [1.54, 1.807) is 12.1 Å². The van der Waals surface area contributed by atoms with Crippen LogP contribution in [0.1, 0.15) is 17.8 Å². The van der Waals surface area contributed by atoms with Gasteiger partial charge in [0, 0.05) is 19.6 Å². The Balaban J connectivity index is 0.000000339. The lowest BCUT2D eigenvalue weighted by Gasteiger charge is -2.34. The zero-order chi connectivity index (χ0) is 22.8. The lowest BCUT2D eigenvalue weighted by Crippen LogP contribution is -2.51. The Morgan fingerprint density at radius 3 is 2.48 bits per heavy atom. The summed E-state index contributed by atoms with van der Waals surface area (Å²) in [5.74, 6) is -2.56. The van der Waals surface area contributed by atoms with E-state index < -0.39 is 28.9 Å². The van der Waals surface area contributed by atoms with Gasteiger partial charge in [-0.1, -0.05) is 12.1 Å².